The first-order valence-corrected chi connectivity index (χ1v) is 16.4. The van der Waals surface area contributed by atoms with E-state index in [-0.39, 0.29) is 34.6 Å². The van der Waals surface area contributed by atoms with E-state index in [0.717, 1.165) is 29.0 Å². The number of rotatable bonds is 8. The maximum Gasteiger partial charge on any atom is 0.399 e. The number of hydrogen-bond donors (Lipinski definition) is 3. The van der Waals surface area contributed by atoms with Crippen LogP contribution >= 0.6 is 18.9 Å². The van der Waals surface area contributed by atoms with Gasteiger partial charge in [0.2, 0.25) is 11.8 Å². The SMILES string of the molecule is CCC(NC(=O)c1cc2cc(C(F)(F)P(=O)(O)O)ccc2s1)C(=O)N1CCC[C@H]1C(=O)N1CCO[C@H](c2ccccc2)C1. The summed E-state index contributed by atoms with van der Waals surface area (Å²) in [6.07, 6.45) is 1.17. The molecule has 10 nitrogen and oxygen atoms in total. The van der Waals surface area contributed by atoms with E-state index in [1.54, 1.807) is 11.8 Å². The number of alkyl halides is 2. The van der Waals surface area contributed by atoms with E-state index >= 15 is 0 Å². The van der Waals surface area contributed by atoms with Gasteiger partial charge in [-0.2, -0.15) is 8.78 Å². The fraction of sp³-hybridized carbons (Fsp3) is 0.414. The van der Waals surface area contributed by atoms with Crippen molar-refractivity contribution in [3.63, 3.8) is 0 Å². The van der Waals surface area contributed by atoms with E-state index in [2.05, 4.69) is 5.32 Å². The van der Waals surface area contributed by atoms with Gasteiger partial charge in [-0.3, -0.25) is 18.9 Å². The van der Waals surface area contributed by atoms with Gasteiger partial charge in [0.25, 0.3) is 5.91 Å². The smallest absolute Gasteiger partial charge is 0.370 e. The summed E-state index contributed by atoms with van der Waals surface area (Å²) in [4.78, 5) is 61.9. The number of fused-ring (bicyclic) bond motifs is 1. The summed E-state index contributed by atoms with van der Waals surface area (Å²) in [6.45, 7) is 3.30. The highest BCUT2D eigenvalue weighted by Crippen LogP contribution is 2.59. The standard InChI is InChI=1S/C29H32F2N3O7PS/c1-2-21(32-26(35)25-16-19-15-20(10-11-24(19)43-25)29(30,31)42(38,39)40)27(36)34-12-6-9-22(34)28(37)33-13-14-41-23(17-33)18-7-4-3-5-8-18/h3-5,7-8,10-11,15-16,21-23H,2,6,9,12-14,17H2,1H3,(H,32,35)(H2,38,39,40)/t21?,22-,23-/m0/s1. The highest BCUT2D eigenvalue weighted by Gasteiger charge is 2.50. The summed E-state index contributed by atoms with van der Waals surface area (Å²) in [5, 5.41) is 2.93. The first kappa shape index (κ1) is 31.2. The third-order valence-electron chi connectivity index (χ3n) is 7.84. The molecule has 3 amide bonds. The topological polar surface area (TPSA) is 136 Å². The molecule has 1 unspecified atom stereocenters. The number of ether oxygens (including phenoxy) is 1. The molecule has 2 aromatic carbocycles. The lowest BCUT2D eigenvalue weighted by molar-refractivity contribution is -0.149. The molecule has 3 atom stereocenters. The largest absolute Gasteiger partial charge is 0.399 e. The Labute approximate surface area is 250 Å². The number of benzene rings is 2. The second-order valence-corrected chi connectivity index (χ2v) is 13.4. The van der Waals surface area contributed by atoms with Crippen LogP contribution in [0.25, 0.3) is 10.1 Å². The molecule has 0 spiro atoms. The molecule has 0 aliphatic carbocycles. The van der Waals surface area contributed by atoms with Crippen molar-refractivity contribution in [1.82, 2.24) is 15.1 Å². The van der Waals surface area contributed by atoms with E-state index in [1.165, 1.54) is 17.0 Å². The van der Waals surface area contributed by atoms with E-state index in [4.69, 9.17) is 14.5 Å². The number of carbonyl (C=O) groups is 3. The van der Waals surface area contributed by atoms with Crippen LogP contribution in [0.15, 0.2) is 54.6 Å². The van der Waals surface area contributed by atoms with Gasteiger partial charge >= 0.3 is 13.3 Å². The van der Waals surface area contributed by atoms with Crippen molar-refractivity contribution < 1.29 is 42.3 Å². The first-order valence-electron chi connectivity index (χ1n) is 13.9. The molecule has 3 heterocycles. The van der Waals surface area contributed by atoms with Crippen LogP contribution in [-0.4, -0.2) is 75.6 Å². The zero-order valence-corrected chi connectivity index (χ0v) is 25.0. The molecular formula is C29H32F2N3O7PS. The minimum atomic E-state index is -5.75. The second-order valence-electron chi connectivity index (χ2n) is 10.6. The van der Waals surface area contributed by atoms with Crippen molar-refractivity contribution >= 4 is 46.7 Å². The molecule has 1 aromatic heterocycles. The number of hydrogen-bond acceptors (Lipinski definition) is 6. The Morgan fingerprint density at radius 2 is 1.88 bits per heavy atom. The fourth-order valence-electron chi connectivity index (χ4n) is 5.50. The number of amides is 3. The van der Waals surface area contributed by atoms with Crippen molar-refractivity contribution in [2.24, 2.45) is 0 Å². The number of nitrogens with zero attached hydrogens (tertiary/aromatic N) is 2. The maximum absolute atomic E-state index is 14.2. The molecular weight excluding hydrogens is 603 g/mol. The van der Waals surface area contributed by atoms with Gasteiger partial charge in [-0.15, -0.1) is 11.3 Å². The van der Waals surface area contributed by atoms with Crippen molar-refractivity contribution in [2.75, 3.05) is 26.2 Å². The van der Waals surface area contributed by atoms with Crippen LogP contribution in [0.5, 0.6) is 0 Å². The van der Waals surface area contributed by atoms with E-state index in [0.29, 0.717) is 43.8 Å². The van der Waals surface area contributed by atoms with Gasteiger partial charge in [-0.05, 0) is 48.4 Å². The van der Waals surface area contributed by atoms with Crippen molar-refractivity contribution in [3.8, 4) is 0 Å². The third-order valence-corrected chi connectivity index (χ3v) is 9.94. The van der Waals surface area contributed by atoms with E-state index in [1.807, 2.05) is 30.3 Å². The van der Waals surface area contributed by atoms with E-state index < -0.39 is 36.8 Å². The lowest BCUT2D eigenvalue weighted by Crippen LogP contribution is -2.55. The monoisotopic (exact) mass is 635 g/mol. The molecule has 2 saturated heterocycles. The Kier molecular flexibility index (Phi) is 9.01. The Hall–Kier alpha value is -3.22. The third kappa shape index (κ3) is 6.37. The van der Waals surface area contributed by atoms with Crippen LogP contribution in [0, 0.1) is 0 Å². The van der Waals surface area contributed by atoms with Gasteiger partial charge in [-0.1, -0.05) is 43.3 Å². The second kappa shape index (κ2) is 12.4. The zero-order valence-electron chi connectivity index (χ0n) is 23.3. The van der Waals surface area contributed by atoms with Gasteiger partial charge in [0.05, 0.1) is 18.0 Å². The van der Waals surface area contributed by atoms with Gasteiger partial charge in [0.15, 0.2) is 0 Å². The molecule has 0 bridgehead atoms. The molecule has 230 valence electrons. The minimum absolute atomic E-state index is 0.146. The molecule has 3 N–H and O–H groups in total. The quantitative estimate of drug-likeness (QED) is 0.315. The number of morpholine rings is 1. The van der Waals surface area contributed by atoms with Crippen molar-refractivity contribution in [1.29, 1.82) is 0 Å². The molecule has 3 aromatic rings. The summed E-state index contributed by atoms with van der Waals surface area (Å²) in [5.41, 5.74) is -4.26. The van der Waals surface area contributed by atoms with Crippen molar-refractivity contribution in [3.05, 3.63) is 70.6 Å². The summed E-state index contributed by atoms with van der Waals surface area (Å²) in [7, 11) is -5.75. The number of halogens is 2. The van der Waals surface area contributed by atoms with Gasteiger partial charge in [0, 0.05) is 23.4 Å². The van der Waals surface area contributed by atoms with E-state index in [9.17, 15) is 27.7 Å². The molecule has 2 aliphatic rings. The Morgan fingerprint density at radius 1 is 1.14 bits per heavy atom. The number of thiophene rings is 1. The predicted molar refractivity (Wildman–Crippen MR) is 156 cm³/mol. The lowest BCUT2D eigenvalue weighted by atomic mass is 10.1. The predicted octanol–water partition coefficient (Wildman–Crippen LogP) is 4.23. The molecule has 0 radical (unpaired) electrons. The Bertz CT molecular complexity index is 1560. The average molecular weight is 636 g/mol. The molecule has 2 fully saturated rings. The first-order chi connectivity index (χ1) is 20.4. The summed E-state index contributed by atoms with van der Waals surface area (Å²) >= 11 is 1.00. The van der Waals surface area contributed by atoms with Crippen LogP contribution in [0.1, 0.15) is 53.1 Å². The molecule has 14 heteroatoms. The maximum atomic E-state index is 14.2. The Balaban J connectivity index is 1.27. The van der Waals surface area contributed by atoms with Crippen LogP contribution in [0.3, 0.4) is 0 Å². The Morgan fingerprint density at radius 3 is 2.58 bits per heavy atom. The van der Waals surface area contributed by atoms with Crippen LogP contribution in [0.4, 0.5) is 8.78 Å². The average Bonchev–Trinajstić information content (AvgIpc) is 3.66. The summed E-state index contributed by atoms with van der Waals surface area (Å²) < 4.78 is 46.0. The highest BCUT2D eigenvalue weighted by molar-refractivity contribution is 7.52. The molecule has 2 aliphatic heterocycles. The zero-order chi connectivity index (χ0) is 30.9. The summed E-state index contributed by atoms with van der Waals surface area (Å²) in [6, 6.07) is 12.5. The van der Waals surface area contributed by atoms with Crippen LogP contribution < -0.4 is 5.32 Å². The normalized spacial score (nSPS) is 20.3. The van der Waals surface area contributed by atoms with Gasteiger partial charge in [-0.25, -0.2) is 0 Å². The van der Waals surface area contributed by atoms with Crippen molar-refractivity contribution in [2.45, 2.75) is 50.0 Å². The molecule has 43 heavy (non-hydrogen) atoms. The van der Waals surface area contributed by atoms with Crippen LogP contribution in [-0.2, 0) is 24.6 Å². The summed E-state index contributed by atoms with van der Waals surface area (Å²) in [5.74, 6) is -1.11. The number of nitrogens with one attached hydrogen (secondary N) is 1. The van der Waals surface area contributed by atoms with Gasteiger partial charge < -0.3 is 29.6 Å². The highest BCUT2D eigenvalue weighted by atomic mass is 32.1. The minimum Gasteiger partial charge on any atom is -0.370 e. The molecule has 5 rings (SSSR count). The van der Waals surface area contributed by atoms with Gasteiger partial charge in [0.1, 0.15) is 18.2 Å². The van der Waals surface area contributed by atoms with Crippen LogP contribution in [0.2, 0.25) is 0 Å². The number of carbonyl (C=O) groups excluding carboxylic acids is 3. The fourth-order valence-corrected chi connectivity index (χ4v) is 6.92. The molecule has 0 saturated carbocycles. The lowest BCUT2D eigenvalue weighted by Gasteiger charge is -2.37. The number of likely N-dealkylation sites (tertiary alicyclic amines) is 1.